The van der Waals surface area contributed by atoms with E-state index < -0.39 is 11.9 Å². The lowest BCUT2D eigenvalue weighted by molar-refractivity contribution is -0.142. The first-order valence-electron chi connectivity index (χ1n) is 15.2. The van der Waals surface area contributed by atoms with E-state index in [0.29, 0.717) is 23.9 Å². The predicted octanol–water partition coefficient (Wildman–Crippen LogP) is 7.41. The van der Waals surface area contributed by atoms with Gasteiger partial charge in [-0.25, -0.2) is 4.98 Å². The highest BCUT2D eigenvalue weighted by Crippen LogP contribution is 2.48. The zero-order valence-electron chi connectivity index (χ0n) is 24.7. The number of nitrogens with zero attached hydrogens (tertiary/aromatic N) is 2. The number of pyridine rings is 1. The molecule has 6 rings (SSSR count). The molecule has 1 N–H and O–H groups in total. The molecule has 3 aromatic rings. The Hall–Kier alpha value is -3.38. The second-order valence-electron chi connectivity index (χ2n) is 12.5. The lowest BCUT2D eigenvalue weighted by atomic mass is 9.82. The molecule has 0 radical (unpaired) electrons. The van der Waals surface area contributed by atoms with Crippen molar-refractivity contribution in [1.82, 2.24) is 9.88 Å². The van der Waals surface area contributed by atoms with Crippen LogP contribution in [0, 0.1) is 11.8 Å². The van der Waals surface area contributed by atoms with E-state index >= 15 is 0 Å². The molecule has 2 aromatic carbocycles. The topological polar surface area (TPSA) is 71.9 Å². The number of carbonyl (C=O) groups is 1. The van der Waals surface area contributed by atoms with Crippen molar-refractivity contribution in [2.75, 3.05) is 7.11 Å². The van der Waals surface area contributed by atoms with Crippen LogP contribution in [0.25, 0.3) is 11.1 Å². The second kappa shape index (κ2) is 11.5. The van der Waals surface area contributed by atoms with E-state index in [4.69, 9.17) is 9.47 Å². The normalized spacial score (nSPS) is 23.9. The van der Waals surface area contributed by atoms with Crippen molar-refractivity contribution in [3.8, 4) is 22.8 Å². The Labute approximate surface area is 243 Å². The zero-order valence-corrected chi connectivity index (χ0v) is 24.7. The number of likely N-dealkylation sites (tertiary alicyclic amines) is 1. The van der Waals surface area contributed by atoms with Gasteiger partial charge >= 0.3 is 5.97 Å². The molecule has 1 unspecified atom stereocenters. The van der Waals surface area contributed by atoms with Crippen LogP contribution in [-0.4, -0.2) is 40.2 Å². The molecule has 0 amide bonds. The van der Waals surface area contributed by atoms with Gasteiger partial charge < -0.3 is 14.6 Å². The standard InChI is InChI=1S/C35H42N2O4/c1-21-5-6-22(2)37(21)20-29-17-27(11-13-30(29)26-15-16-36-33(19-26)40-4)31-14-12-24-7-10-28(18-32(24)41-31)34(25-8-9-25)23(3)35(38)39/h7,10-11,13,15-19,21-23,25,31,34H,5-6,8-9,12,14,20H2,1-4H3,(H,38,39)/t21-,22-,23+,31?,34+/m1/s1. The fourth-order valence-electron chi connectivity index (χ4n) is 7.08. The average Bonchev–Trinajstić information content (AvgIpc) is 3.78. The van der Waals surface area contributed by atoms with E-state index in [1.54, 1.807) is 7.11 Å². The highest BCUT2D eigenvalue weighted by Gasteiger charge is 2.39. The number of carboxylic acids is 1. The SMILES string of the molecule is COc1cc(-c2ccc(C3CCc4ccc([C@H](C5CC5)[C@H](C)C(=O)O)cc4O3)cc2CN2[C@H](C)CC[C@H]2C)ccn1. The van der Waals surface area contributed by atoms with Gasteiger partial charge in [-0.05, 0) is 110 Å². The average molecular weight is 555 g/mol. The maximum Gasteiger partial charge on any atom is 0.306 e. The molecule has 0 bridgehead atoms. The lowest BCUT2D eigenvalue weighted by Gasteiger charge is -2.30. The van der Waals surface area contributed by atoms with Crippen molar-refractivity contribution in [1.29, 1.82) is 0 Å². The summed E-state index contributed by atoms with van der Waals surface area (Å²) in [7, 11) is 1.66. The number of hydrogen-bond acceptors (Lipinski definition) is 5. The van der Waals surface area contributed by atoms with Crippen molar-refractivity contribution >= 4 is 5.97 Å². The quantitative estimate of drug-likeness (QED) is 0.297. The first kappa shape index (κ1) is 27.8. The fraction of sp³-hybridized carbons (Fsp3) is 0.486. The molecule has 3 aliphatic rings. The van der Waals surface area contributed by atoms with Gasteiger partial charge in [0.1, 0.15) is 11.9 Å². The number of aromatic nitrogens is 1. The van der Waals surface area contributed by atoms with E-state index in [1.807, 2.05) is 19.2 Å². The molecule has 1 aliphatic carbocycles. The van der Waals surface area contributed by atoms with E-state index in [-0.39, 0.29) is 12.0 Å². The summed E-state index contributed by atoms with van der Waals surface area (Å²) in [5.74, 6) is 0.889. The molecule has 6 heteroatoms. The van der Waals surface area contributed by atoms with Crippen LogP contribution in [0.4, 0.5) is 0 Å². The summed E-state index contributed by atoms with van der Waals surface area (Å²) in [4.78, 5) is 18.8. The van der Waals surface area contributed by atoms with Crippen molar-refractivity contribution in [2.24, 2.45) is 11.8 Å². The van der Waals surface area contributed by atoms with Gasteiger partial charge in [0.05, 0.1) is 13.0 Å². The van der Waals surface area contributed by atoms with E-state index in [0.717, 1.165) is 49.1 Å². The van der Waals surface area contributed by atoms with Gasteiger partial charge in [-0.1, -0.05) is 37.3 Å². The Balaban J connectivity index is 1.31. The molecule has 41 heavy (non-hydrogen) atoms. The van der Waals surface area contributed by atoms with Crippen LogP contribution in [0.1, 0.15) is 87.2 Å². The Morgan fingerprint density at radius 2 is 1.83 bits per heavy atom. The number of fused-ring (bicyclic) bond motifs is 1. The summed E-state index contributed by atoms with van der Waals surface area (Å²) in [5, 5.41) is 9.77. The Morgan fingerprint density at radius 1 is 1.05 bits per heavy atom. The third-order valence-corrected chi connectivity index (χ3v) is 9.72. The number of ether oxygens (including phenoxy) is 2. The van der Waals surface area contributed by atoms with Crippen LogP contribution in [0.2, 0.25) is 0 Å². The Bertz CT molecular complexity index is 1410. The molecule has 2 fully saturated rings. The van der Waals surface area contributed by atoms with Gasteiger partial charge in [-0.2, -0.15) is 0 Å². The van der Waals surface area contributed by atoms with E-state index in [9.17, 15) is 9.90 Å². The second-order valence-corrected chi connectivity index (χ2v) is 12.5. The van der Waals surface area contributed by atoms with Crippen molar-refractivity contribution in [3.05, 3.63) is 77.0 Å². The minimum absolute atomic E-state index is 0.0365. The highest BCUT2D eigenvalue weighted by atomic mass is 16.5. The summed E-state index contributed by atoms with van der Waals surface area (Å²) >= 11 is 0. The van der Waals surface area contributed by atoms with Crippen molar-refractivity contribution < 1.29 is 19.4 Å². The number of aryl methyl sites for hydroxylation is 1. The summed E-state index contributed by atoms with van der Waals surface area (Å²) in [6.45, 7) is 7.40. The molecule has 0 spiro atoms. The van der Waals surface area contributed by atoms with Gasteiger partial charge in [-0.3, -0.25) is 9.69 Å². The van der Waals surface area contributed by atoms with Crippen LogP contribution in [0.15, 0.2) is 54.7 Å². The number of aliphatic carboxylic acids is 1. The third kappa shape index (κ3) is 5.72. The minimum atomic E-state index is -0.723. The highest BCUT2D eigenvalue weighted by molar-refractivity contribution is 5.71. The molecule has 3 heterocycles. The Morgan fingerprint density at radius 3 is 2.54 bits per heavy atom. The van der Waals surface area contributed by atoms with Crippen LogP contribution in [0.3, 0.4) is 0 Å². The van der Waals surface area contributed by atoms with Gasteiger partial charge in [0.15, 0.2) is 0 Å². The number of carboxylic acid groups (broad SMARTS) is 1. The summed E-state index contributed by atoms with van der Waals surface area (Å²) in [5.41, 5.74) is 7.11. The van der Waals surface area contributed by atoms with Gasteiger partial charge in [-0.15, -0.1) is 0 Å². The first-order valence-corrected chi connectivity index (χ1v) is 15.2. The number of hydrogen-bond donors (Lipinski definition) is 1. The fourth-order valence-corrected chi connectivity index (χ4v) is 7.08. The molecule has 5 atom stereocenters. The maximum atomic E-state index is 11.9. The van der Waals surface area contributed by atoms with Crippen LogP contribution >= 0.6 is 0 Å². The van der Waals surface area contributed by atoms with Crippen molar-refractivity contribution in [3.63, 3.8) is 0 Å². The monoisotopic (exact) mass is 554 g/mol. The zero-order chi connectivity index (χ0) is 28.7. The molecule has 1 aromatic heterocycles. The molecule has 2 aliphatic heterocycles. The largest absolute Gasteiger partial charge is 0.485 e. The van der Waals surface area contributed by atoms with E-state index in [1.165, 1.54) is 35.1 Å². The molecule has 1 saturated heterocycles. The van der Waals surface area contributed by atoms with Crippen LogP contribution in [0.5, 0.6) is 11.6 Å². The smallest absolute Gasteiger partial charge is 0.306 e. The number of benzene rings is 2. The number of methoxy groups -OCH3 is 1. The van der Waals surface area contributed by atoms with Gasteiger partial charge in [0.25, 0.3) is 0 Å². The van der Waals surface area contributed by atoms with Crippen molar-refractivity contribution in [2.45, 2.75) is 89.9 Å². The molecular formula is C35H42N2O4. The predicted molar refractivity (Wildman–Crippen MR) is 160 cm³/mol. The van der Waals surface area contributed by atoms with E-state index in [2.05, 4.69) is 66.2 Å². The lowest BCUT2D eigenvalue weighted by Crippen LogP contribution is -2.32. The summed E-state index contributed by atoms with van der Waals surface area (Å²) in [6, 6.07) is 18.4. The van der Waals surface area contributed by atoms with Crippen LogP contribution < -0.4 is 9.47 Å². The molecule has 216 valence electrons. The van der Waals surface area contributed by atoms with Gasteiger partial charge in [0.2, 0.25) is 5.88 Å². The molecule has 1 saturated carbocycles. The molecule has 6 nitrogen and oxygen atoms in total. The maximum absolute atomic E-state index is 11.9. The van der Waals surface area contributed by atoms with Crippen LogP contribution in [-0.2, 0) is 17.8 Å². The first-order chi connectivity index (χ1) is 19.8. The summed E-state index contributed by atoms with van der Waals surface area (Å²) in [6.07, 6.45) is 8.31. The Kier molecular flexibility index (Phi) is 7.78. The third-order valence-electron chi connectivity index (χ3n) is 9.72. The molecular weight excluding hydrogens is 512 g/mol. The minimum Gasteiger partial charge on any atom is -0.485 e. The number of rotatable bonds is 9. The summed E-state index contributed by atoms with van der Waals surface area (Å²) < 4.78 is 12.1. The van der Waals surface area contributed by atoms with Gasteiger partial charge in [0, 0.05) is 30.9 Å².